The van der Waals surface area contributed by atoms with E-state index in [1.54, 1.807) is 0 Å². The molecule has 1 aliphatic heterocycles. The summed E-state index contributed by atoms with van der Waals surface area (Å²) in [6, 6.07) is 0. The summed E-state index contributed by atoms with van der Waals surface area (Å²) in [5.74, 6) is 0. The molecule has 0 unspecified atom stereocenters. The number of hydrogen-bond acceptors (Lipinski definition) is 2. The standard InChI is InChI=1S/C11H19ClN2/c1-10(12)8-14-7-6-13-11(9-14)4-2-3-5-11/h13H,1-9H2. The van der Waals surface area contributed by atoms with Crippen molar-refractivity contribution in [1.29, 1.82) is 0 Å². The molecule has 2 fully saturated rings. The lowest BCUT2D eigenvalue weighted by molar-refractivity contribution is 0.146. The average Bonchev–Trinajstić information content (AvgIpc) is 2.52. The first kappa shape index (κ1) is 10.5. The Labute approximate surface area is 91.3 Å². The van der Waals surface area contributed by atoms with Crippen LogP contribution in [0.15, 0.2) is 11.6 Å². The summed E-state index contributed by atoms with van der Waals surface area (Å²) in [5.41, 5.74) is 0.407. The summed E-state index contributed by atoms with van der Waals surface area (Å²) >= 11 is 5.85. The van der Waals surface area contributed by atoms with Gasteiger partial charge in [0.05, 0.1) is 0 Å². The van der Waals surface area contributed by atoms with Crippen molar-refractivity contribution in [3.8, 4) is 0 Å². The van der Waals surface area contributed by atoms with Crippen molar-refractivity contribution in [3.63, 3.8) is 0 Å². The predicted octanol–water partition coefficient (Wildman–Crippen LogP) is 1.96. The molecule has 0 bridgehead atoms. The summed E-state index contributed by atoms with van der Waals surface area (Å²) in [5, 5.41) is 4.45. The minimum absolute atomic E-state index is 0.407. The summed E-state index contributed by atoms with van der Waals surface area (Å²) in [6.07, 6.45) is 5.42. The lowest BCUT2D eigenvalue weighted by atomic mass is 9.94. The third-order valence-corrected chi connectivity index (χ3v) is 3.53. The summed E-state index contributed by atoms with van der Waals surface area (Å²) in [6.45, 7) is 7.98. The van der Waals surface area contributed by atoms with Gasteiger partial charge in [-0.3, -0.25) is 4.90 Å². The lowest BCUT2D eigenvalue weighted by Gasteiger charge is -2.41. The van der Waals surface area contributed by atoms with Gasteiger partial charge in [0.2, 0.25) is 0 Å². The number of nitrogens with one attached hydrogen (secondary N) is 1. The fraction of sp³-hybridized carbons (Fsp3) is 0.818. The number of hydrogen-bond donors (Lipinski definition) is 1. The smallest absolute Gasteiger partial charge is 0.0336 e. The molecule has 0 radical (unpaired) electrons. The molecular formula is C11H19ClN2. The van der Waals surface area contributed by atoms with Gasteiger partial charge in [-0.15, -0.1) is 0 Å². The minimum atomic E-state index is 0.407. The van der Waals surface area contributed by atoms with E-state index < -0.39 is 0 Å². The second-order valence-electron chi connectivity index (χ2n) is 4.64. The Morgan fingerprint density at radius 2 is 2.14 bits per heavy atom. The minimum Gasteiger partial charge on any atom is -0.309 e. The number of rotatable bonds is 2. The van der Waals surface area contributed by atoms with Crippen LogP contribution in [0.2, 0.25) is 0 Å². The average molecular weight is 215 g/mol. The Hall–Kier alpha value is -0.0500. The first-order valence-electron chi connectivity index (χ1n) is 5.51. The molecule has 80 valence electrons. The molecule has 0 aromatic carbocycles. The molecule has 3 heteroatoms. The van der Waals surface area contributed by atoms with Gasteiger partial charge < -0.3 is 5.32 Å². The molecule has 2 nitrogen and oxygen atoms in total. The molecule has 1 saturated heterocycles. The van der Waals surface area contributed by atoms with Crippen LogP contribution in [0.5, 0.6) is 0 Å². The van der Waals surface area contributed by atoms with Gasteiger partial charge in [0, 0.05) is 36.8 Å². The Balaban J connectivity index is 1.93. The molecule has 1 spiro atoms. The second-order valence-corrected chi connectivity index (χ2v) is 5.18. The first-order valence-corrected chi connectivity index (χ1v) is 5.89. The third kappa shape index (κ3) is 2.30. The quantitative estimate of drug-likeness (QED) is 0.756. The molecule has 0 aromatic rings. The summed E-state index contributed by atoms with van der Waals surface area (Å²) in [4.78, 5) is 2.43. The largest absolute Gasteiger partial charge is 0.309 e. The highest BCUT2D eigenvalue weighted by Gasteiger charge is 2.37. The number of piperazine rings is 1. The van der Waals surface area contributed by atoms with Crippen LogP contribution in [-0.4, -0.2) is 36.6 Å². The Morgan fingerprint density at radius 3 is 2.79 bits per heavy atom. The van der Waals surface area contributed by atoms with Gasteiger partial charge in [-0.1, -0.05) is 31.0 Å². The lowest BCUT2D eigenvalue weighted by Crippen LogP contribution is -2.59. The Morgan fingerprint density at radius 1 is 1.43 bits per heavy atom. The van der Waals surface area contributed by atoms with E-state index in [2.05, 4.69) is 16.8 Å². The number of halogens is 1. The zero-order valence-corrected chi connectivity index (χ0v) is 9.45. The van der Waals surface area contributed by atoms with Crippen molar-refractivity contribution in [1.82, 2.24) is 10.2 Å². The van der Waals surface area contributed by atoms with Crippen LogP contribution in [0.25, 0.3) is 0 Å². The first-order chi connectivity index (χ1) is 6.70. The normalized spacial score (nSPS) is 26.9. The molecule has 1 aliphatic carbocycles. The van der Waals surface area contributed by atoms with Crippen LogP contribution in [0.1, 0.15) is 25.7 Å². The van der Waals surface area contributed by atoms with Crippen molar-refractivity contribution in [3.05, 3.63) is 11.6 Å². The number of nitrogens with zero attached hydrogens (tertiary/aromatic N) is 1. The van der Waals surface area contributed by atoms with Crippen molar-refractivity contribution in [2.75, 3.05) is 26.2 Å². The van der Waals surface area contributed by atoms with E-state index in [1.165, 1.54) is 25.7 Å². The van der Waals surface area contributed by atoms with Crippen molar-refractivity contribution in [2.24, 2.45) is 0 Å². The highest BCUT2D eigenvalue weighted by atomic mass is 35.5. The van der Waals surface area contributed by atoms with Crippen LogP contribution in [-0.2, 0) is 0 Å². The van der Waals surface area contributed by atoms with E-state index >= 15 is 0 Å². The zero-order valence-electron chi connectivity index (χ0n) is 8.69. The van der Waals surface area contributed by atoms with Gasteiger partial charge in [0.1, 0.15) is 0 Å². The van der Waals surface area contributed by atoms with Crippen molar-refractivity contribution in [2.45, 2.75) is 31.2 Å². The van der Waals surface area contributed by atoms with Crippen LogP contribution in [0.4, 0.5) is 0 Å². The fourth-order valence-corrected chi connectivity index (χ4v) is 2.98. The predicted molar refractivity (Wildman–Crippen MR) is 60.6 cm³/mol. The van der Waals surface area contributed by atoms with Gasteiger partial charge >= 0.3 is 0 Å². The van der Waals surface area contributed by atoms with Crippen LogP contribution >= 0.6 is 11.6 Å². The maximum Gasteiger partial charge on any atom is 0.0336 e. The third-order valence-electron chi connectivity index (χ3n) is 3.41. The maximum atomic E-state index is 5.85. The molecule has 1 heterocycles. The van der Waals surface area contributed by atoms with Crippen LogP contribution in [0.3, 0.4) is 0 Å². The molecular weight excluding hydrogens is 196 g/mol. The van der Waals surface area contributed by atoms with E-state index in [4.69, 9.17) is 11.6 Å². The molecule has 0 aromatic heterocycles. The van der Waals surface area contributed by atoms with Gasteiger partial charge in [0.25, 0.3) is 0 Å². The van der Waals surface area contributed by atoms with Gasteiger partial charge in [-0.05, 0) is 12.8 Å². The fourth-order valence-electron chi connectivity index (χ4n) is 2.81. The molecule has 14 heavy (non-hydrogen) atoms. The van der Waals surface area contributed by atoms with Gasteiger partial charge in [-0.2, -0.15) is 0 Å². The highest BCUT2D eigenvalue weighted by Crippen LogP contribution is 2.32. The van der Waals surface area contributed by atoms with E-state index in [-0.39, 0.29) is 0 Å². The second kappa shape index (κ2) is 4.21. The van der Waals surface area contributed by atoms with Crippen LogP contribution < -0.4 is 5.32 Å². The monoisotopic (exact) mass is 214 g/mol. The van der Waals surface area contributed by atoms with E-state index in [9.17, 15) is 0 Å². The molecule has 1 saturated carbocycles. The van der Waals surface area contributed by atoms with Crippen molar-refractivity contribution < 1.29 is 0 Å². The summed E-state index contributed by atoms with van der Waals surface area (Å²) in [7, 11) is 0. The van der Waals surface area contributed by atoms with Crippen molar-refractivity contribution >= 4 is 11.6 Å². The molecule has 0 atom stereocenters. The maximum absolute atomic E-state index is 5.85. The Kier molecular flexibility index (Phi) is 3.15. The topological polar surface area (TPSA) is 15.3 Å². The SMILES string of the molecule is C=C(Cl)CN1CCNC2(CCCC2)C1. The summed E-state index contributed by atoms with van der Waals surface area (Å²) < 4.78 is 0. The molecule has 1 N–H and O–H groups in total. The Bertz CT molecular complexity index is 221. The zero-order chi connectivity index (χ0) is 10.0. The van der Waals surface area contributed by atoms with Gasteiger partial charge in [-0.25, -0.2) is 0 Å². The van der Waals surface area contributed by atoms with Gasteiger partial charge in [0.15, 0.2) is 0 Å². The highest BCUT2D eigenvalue weighted by molar-refractivity contribution is 6.29. The van der Waals surface area contributed by atoms with E-state index in [0.717, 1.165) is 31.2 Å². The van der Waals surface area contributed by atoms with E-state index in [0.29, 0.717) is 5.54 Å². The molecule has 2 rings (SSSR count). The molecule has 0 amide bonds. The van der Waals surface area contributed by atoms with E-state index in [1.807, 2.05) is 0 Å². The molecule has 2 aliphatic rings. The van der Waals surface area contributed by atoms with Crippen LogP contribution in [0, 0.1) is 0 Å².